The van der Waals surface area contributed by atoms with E-state index in [1.54, 1.807) is 4.68 Å². The highest BCUT2D eigenvalue weighted by molar-refractivity contribution is 7.71. The normalized spacial score (nSPS) is 16.0. The third-order valence-corrected chi connectivity index (χ3v) is 3.62. The summed E-state index contributed by atoms with van der Waals surface area (Å²) in [4.78, 5) is 1.78. The molecule has 0 saturated carbocycles. The van der Waals surface area contributed by atoms with Gasteiger partial charge >= 0.3 is 0 Å². The second-order valence-electron chi connectivity index (χ2n) is 4.88. The largest absolute Gasteiger partial charge is 0.484 e. The smallest absolute Gasteiger partial charge is 0.291 e. The second-order valence-corrected chi connectivity index (χ2v) is 5.23. The van der Waals surface area contributed by atoms with Gasteiger partial charge in [-0.3, -0.25) is 0 Å². The first kappa shape index (κ1) is 14.2. The summed E-state index contributed by atoms with van der Waals surface area (Å²) in [6.07, 6.45) is 0. The molecule has 0 aliphatic carbocycles. The van der Waals surface area contributed by atoms with Crippen molar-refractivity contribution in [2.24, 2.45) is 0 Å². The van der Waals surface area contributed by atoms with Gasteiger partial charge in [0, 0.05) is 0 Å². The predicted octanol–water partition coefficient (Wildman–Crippen LogP) is 0.657. The summed E-state index contributed by atoms with van der Waals surface area (Å²) in [6.45, 7) is 4.47. The van der Waals surface area contributed by atoms with E-state index in [2.05, 4.69) is 5.10 Å². The topological polar surface area (TPSA) is 53.9 Å². The maximum atomic E-state index is 5.61. The zero-order valence-corrected chi connectivity index (χ0v) is 12.5. The lowest BCUT2D eigenvalue weighted by atomic mass is 10.3. The molecule has 1 aromatic carbocycles. The third-order valence-electron chi connectivity index (χ3n) is 3.33. The number of nitrogens with zero attached hydrogens (tertiary/aromatic N) is 2. The van der Waals surface area contributed by atoms with Crippen molar-refractivity contribution in [2.75, 3.05) is 26.3 Å². The van der Waals surface area contributed by atoms with Gasteiger partial charge in [-0.15, -0.1) is 5.10 Å². The summed E-state index contributed by atoms with van der Waals surface area (Å²) < 4.78 is 18.1. The highest BCUT2D eigenvalue weighted by atomic mass is 32.1. The first-order valence-corrected chi connectivity index (χ1v) is 7.38. The van der Waals surface area contributed by atoms with E-state index in [0.717, 1.165) is 32.1 Å². The van der Waals surface area contributed by atoms with Gasteiger partial charge in [0.05, 0.1) is 13.2 Å². The van der Waals surface area contributed by atoms with Crippen molar-refractivity contribution in [1.82, 2.24) is 9.78 Å². The van der Waals surface area contributed by atoms with Gasteiger partial charge in [-0.25, -0.2) is 0 Å². The Labute approximate surface area is 127 Å². The third kappa shape index (κ3) is 3.90. The number of aromatic nitrogens is 2. The molecule has 1 aromatic heterocycles. The Hall–Kier alpha value is -1.70. The lowest BCUT2D eigenvalue weighted by Gasteiger charge is -2.22. The molecule has 1 aliphatic heterocycles. The van der Waals surface area contributed by atoms with Crippen molar-refractivity contribution in [2.45, 2.75) is 13.3 Å². The molecule has 3 rings (SSSR count). The van der Waals surface area contributed by atoms with E-state index < -0.39 is 0 Å². The molecule has 1 aliphatic rings. The van der Waals surface area contributed by atoms with Gasteiger partial charge in [-0.2, -0.15) is 4.68 Å². The van der Waals surface area contributed by atoms with Gasteiger partial charge in [0.1, 0.15) is 18.8 Å². The van der Waals surface area contributed by atoms with E-state index >= 15 is 0 Å². The number of hydrogen-bond acceptors (Lipinski definition) is 5. The molecule has 6 nitrogen and oxygen atoms in total. The maximum absolute atomic E-state index is 5.61. The summed E-state index contributed by atoms with van der Waals surface area (Å²) in [7, 11) is 0. The first-order chi connectivity index (χ1) is 10.3. The van der Waals surface area contributed by atoms with Crippen LogP contribution >= 0.6 is 12.2 Å². The summed E-state index contributed by atoms with van der Waals surface area (Å²) in [5.41, 5.74) is 0. The van der Waals surface area contributed by atoms with E-state index in [0.29, 0.717) is 17.4 Å². The molecular weight excluding hydrogens is 290 g/mol. The van der Waals surface area contributed by atoms with E-state index in [9.17, 15) is 0 Å². The number of benzene rings is 1. The molecule has 0 atom stereocenters. The van der Waals surface area contributed by atoms with Gasteiger partial charge < -0.3 is 18.8 Å². The molecule has 2 aromatic rings. The molecule has 0 radical (unpaired) electrons. The van der Waals surface area contributed by atoms with Crippen molar-refractivity contribution < 1.29 is 18.8 Å². The van der Waals surface area contributed by atoms with Crippen molar-refractivity contribution >= 4 is 12.2 Å². The van der Waals surface area contributed by atoms with Gasteiger partial charge in [-0.05, 0) is 24.4 Å². The van der Waals surface area contributed by atoms with Crippen LogP contribution in [0.25, 0.3) is 0 Å². The molecule has 0 spiro atoms. The summed E-state index contributed by atoms with van der Waals surface area (Å²) in [5.74, 6) is 1.28. The van der Waals surface area contributed by atoms with Crippen molar-refractivity contribution in [3.63, 3.8) is 0 Å². The number of morpholine rings is 1. The van der Waals surface area contributed by atoms with Crippen molar-refractivity contribution in [3.05, 3.63) is 41.1 Å². The van der Waals surface area contributed by atoms with Crippen LogP contribution in [0.15, 0.2) is 34.7 Å². The molecule has 1 saturated heterocycles. The SMILES string of the molecule is S=c1oc(COc2ccccc2)nn1C[NH+]1CCOCC1. The van der Waals surface area contributed by atoms with Crippen LogP contribution in [0.5, 0.6) is 5.75 Å². The predicted molar refractivity (Wildman–Crippen MR) is 77.6 cm³/mol. The van der Waals surface area contributed by atoms with Gasteiger partial charge in [-0.1, -0.05) is 18.2 Å². The molecular formula is C14H18N3O3S+. The van der Waals surface area contributed by atoms with E-state index in [4.69, 9.17) is 26.1 Å². The van der Waals surface area contributed by atoms with Crippen LogP contribution < -0.4 is 9.64 Å². The number of ether oxygens (including phenoxy) is 2. The number of hydrogen-bond donors (Lipinski definition) is 1. The monoisotopic (exact) mass is 308 g/mol. The number of rotatable bonds is 5. The minimum Gasteiger partial charge on any atom is -0.484 e. The highest BCUT2D eigenvalue weighted by Gasteiger charge is 2.16. The molecule has 0 amide bonds. The average Bonchev–Trinajstić information content (AvgIpc) is 2.87. The molecule has 2 heterocycles. The Bertz CT molecular complexity index is 620. The van der Waals surface area contributed by atoms with Crippen LogP contribution in [0.4, 0.5) is 0 Å². The number of nitrogens with one attached hydrogen (secondary N) is 1. The van der Waals surface area contributed by atoms with Gasteiger partial charge in [0.25, 0.3) is 10.7 Å². The Morgan fingerprint density at radius 2 is 2.00 bits per heavy atom. The zero-order valence-electron chi connectivity index (χ0n) is 11.7. The van der Waals surface area contributed by atoms with Crippen molar-refractivity contribution in [1.29, 1.82) is 0 Å². The fourth-order valence-corrected chi connectivity index (χ4v) is 2.40. The van der Waals surface area contributed by atoms with E-state index in [-0.39, 0.29) is 6.61 Å². The van der Waals surface area contributed by atoms with Crippen LogP contribution in [0.2, 0.25) is 0 Å². The Kier molecular flexibility index (Phi) is 4.64. The lowest BCUT2D eigenvalue weighted by Crippen LogP contribution is -3.13. The number of para-hydroxylation sites is 1. The summed E-state index contributed by atoms with van der Waals surface area (Å²) >= 11 is 5.21. The first-order valence-electron chi connectivity index (χ1n) is 6.97. The zero-order chi connectivity index (χ0) is 14.5. The van der Waals surface area contributed by atoms with Crippen LogP contribution in [0, 0.1) is 4.84 Å². The fourth-order valence-electron chi connectivity index (χ4n) is 2.20. The van der Waals surface area contributed by atoms with Gasteiger partial charge in [0.2, 0.25) is 0 Å². The molecule has 1 fully saturated rings. The van der Waals surface area contributed by atoms with Crippen LogP contribution in [0.1, 0.15) is 5.89 Å². The van der Waals surface area contributed by atoms with Gasteiger partial charge in [0.15, 0.2) is 13.3 Å². The molecule has 112 valence electrons. The molecule has 0 bridgehead atoms. The molecule has 7 heteroatoms. The van der Waals surface area contributed by atoms with Crippen LogP contribution in [0.3, 0.4) is 0 Å². The van der Waals surface area contributed by atoms with E-state index in [1.807, 2.05) is 30.3 Å². The second kappa shape index (κ2) is 6.84. The maximum Gasteiger partial charge on any atom is 0.291 e. The quantitative estimate of drug-likeness (QED) is 0.822. The van der Waals surface area contributed by atoms with Crippen LogP contribution in [-0.2, 0) is 18.0 Å². The summed E-state index contributed by atoms with van der Waals surface area (Å²) in [5, 5.41) is 4.38. The number of quaternary nitrogens is 1. The standard InChI is InChI=1S/C14H17N3O3S/c21-14-17(11-16-6-8-18-9-7-16)15-13(20-14)10-19-12-4-2-1-3-5-12/h1-5H,6-11H2/p+1. The van der Waals surface area contributed by atoms with Crippen molar-refractivity contribution in [3.8, 4) is 5.75 Å². The molecule has 21 heavy (non-hydrogen) atoms. The molecule has 0 unspecified atom stereocenters. The average molecular weight is 308 g/mol. The Morgan fingerprint density at radius 1 is 1.24 bits per heavy atom. The highest BCUT2D eigenvalue weighted by Crippen LogP contribution is 2.10. The van der Waals surface area contributed by atoms with Crippen LogP contribution in [-0.4, -0.2) is 36.1 Å². The fraction of sp³-hybridized carbons (Fsp3) is 0.429. The Morgan fingerprint density at radius 3 is 2.76 bits per heavy atom. The molecule has 1 N–H and O–H groups in total. The summed E-state index contributed by atoms with van der Waals surface area (Å²) in [6, 6.07) is 9.57. The van der Waals surface area contributed by atoms with E-state index in [1.165, 1.54) is 4.90 Å². The minimum absolute atomic E-state index is 0.277. The Balaban J connectivity index is 1.60. The minimum atomic E-state index is 0.277. The lowest BCUT2D eigenvalue weighted by molar-refractivity contribution is -0.931.